The van der Waals surface area contributed by atoms with E-state index in [1.54, 1.807) is 0 Å². The summed E-state index contributed by atoms with van der Waals surface area (Å²) in [6, 6.07) is 13.5. The molecule has 2 heterocycles. The molecule has 0 nitrogen and oxygen atoms in total. The lowest BCUT2D eigenvalue weighted by Gasteiger charge is -2.10. The fourth-order valence-electron chi connectivity index (χ4n) is 2.25. The van der Waals surface area contributed by atoms with Crippen molar-refractivity contribution in [2.75, 3.05) is 0 Å². The van der Waals surface area contributed by atoms with Gasteiger partial charge in [-0.05, 0) is 48.4 Å². The molecule has 2 heteroatoms. The second-order valence-electron chi connectivity index (χ2n) is 4.69. The molecule has 0 aliphatic carbocycles. The summed E-state index contributed by atoms with van der Waals surface area (Å²) in [7, 11) is 0. The van der Waals surface area contributed by atoms with Crippen LogP contribution in [-0.2, 0) is 0 Å². The number of hydrogen-bond donors (Lipinski definition) is 0. The molecule has 0 saturated carbocycles. The standard InChI is InChI=1S/C16H16S2/c1-11-3-9-15(17-11)13-5-7-14(8-6-13)16-10-4-12(2)18-16/h3-9,16H,10H2,1-2H3. The first-order chi connectivity index (χ1) is 8.72. The van der Waals surface area contributed by atoms with Gasteiger partial charge in [0.1, 0.15) is 0 Å². The van der Waals surface area contributed by atoms with Crippen molar-refractivity contribution < 1.29 is 0 Å². The molecule has 18 heavy (non-hydrogen) atoms. The Labute approximate surface area is 117 Å². The van der Waals surface area contributed by atoms with Gasteiger partial charge in [-0.15, -0.1) is 23.1 Å². The van der Waals surface area contributed by atoms with Crippen molar-refractivity contribution in [2.24, 2.45) is 0 Å². The molecule has 0 N–H and O–H groups in total. The molecule has 1 aliphatic heterocycles. The highest BCUT2D eigenvalue weighted by molar-refractivity contribution is 8.03. The molecule has 0 radical (unpaired) electrons. The van der Waals surface area contributed by atoms with Gasteiger partial charge in [-0.2, -0.15) is 0 Å². The van der Waals surface area contributed by atoms with E-state index in [4.69, 9.17) is 0 Å². The molecule has 2 aromatic rings. The molecule has 92 valence electrons. The minimum Gasteiger partial charge on any atom is -0.141 e. The van der Waals surface area contributed by atoms with Crippen LogP contribution in [0.1, 0.15) is 29.0 Å². The third kappa shape index (κ3) is 2.40. The molecule has 0 bridgehead atoms. The number of rotatable bonds is 2. The number of allylic oxidation sites excluding steroid dienone is 2. The van der Waals surface area contributed by atoms with Crippen LogP contribution in [0.4, 0.5) is 0 Å². The summed E-state index contributed by atoms with van der Waals surface area (Å²) in [5.41, 5.74) is 2.79. The predicted octanol–water partition coefficient (Wildman–Crippen LogP) is 5.81. The van der Waals surface area contributed by atoms with Crippen molar-refractivity contribution in [3.05, 3.63) is 57.8 Å². The van der Waals surface area contributed by atoms with E-state index in [0.29, 0.717) is 5.25 Å². The average Bonchev–Trinajstić information content (AvgIpc) is 2.98. The topological polar surface area (TPSA) is 0 Å². The SMILES string of the molecule is CC1=CCC(c2ccc(-c3ccc(C)s3)cc2)S1. The smallest absolute Gasteiger partial charge is 0.0375 e. The van der Waals surface area contributed by atoms with Crippen molar-refractivity contribution >= 4 is 23.1 Å². The van der Waals surface area contributed by atoms with Crippen LogP contribution in [0.15, 0.2) is 47.4 Å². The first kappa shape index (κ1) is 12.1. The van der Waals surface area contributed by atoms with Gasteiger partial charge < -0.3 is 0 Å². The van der Waals surface area contributed by atoms with Crippen LogP contribution in [0.5, 0.6) is 0 Å². The summed E-state index contributed by atoms with van der Waals surface area (Å²) in [6.45, 7) is 4.36. The molecule has 1 aromatic heterocycles. The van der Waals surface area contributed by atoms with Gasteiger partial charge in [0.2, 0.25) is 0 Å². The lowest BCUT2D eigenvalue weighted by Crippen LogP contribution is -1.88. The molecule has 1 aromatic carbocycles. The fourth-order valence-corrected chi connectivity index (χ4v) is 4.25. The molecule has 1 atom stereocenters. The normalized spacial score (nSPS) is 19.0. The Kier molecular flexibility index (Phi) is 3.31. The predicted molar refractivity (Wildman–Crippen MR) is 83.2 cm³/mol. The number of thiophene rings is 1. The minimum absolute atomic E-state index is 0.629. The van der Waals surface area contributed by atoms with Gasteiger partial charge in [0, 0.05) is 15.0 Å². The van der Waals surface area contributed by atoms with Crippen LogP contribution in [-0.4, -0.2) is 0 Å². The third-order valence-corrected chi connectivity index (χ3v) is 5.59. The van der Waals surface area contributed by atoms with E-state index < -0.39 is 0 Å². The van der Waals surface area contributed by atoms with Crippen molar-refractivity contribution in [1.82, 2.24) is 0 Å². The zero-order valence-corrected chi connectivity index (χ0v) is 12.3. The Hall–Kier alpha value is -0.990. The maximum absolute atomic E-state index is 2.34. The minimum atomic E-state index is 0.629. The van der Waals surface area contributed by atoms with Crippen LogP contribution in [0.25, 0.3) is 10.4 Å². The largest absolute Gasteiger partial charge is 0.141 e. The summed E-state index contributed by atoms with van der Waals surface area (Å²) < 4.78 is 0. The summed E-state index contributed by atoms with van der Waals surface area (Å²) >= 11 is 3.85. The van der Waals surface area contributed by atoms with Crippen molar-refractivity contribution in [1.29, 1.82) is 0 Å². The van der Waals surface area contributed by atoms with E-state index >= 15 is 0 Å². The van der Waals surface area contributed by atoms with Crippen LogP contribution in [0.2, 0.25) is 0 Å². The second kappa shape index (κ2) is 4.94. The Bertz CT molecular complexity index is 575. The molecule has 0 fully saturated rings. The summed E-state index contributed by atoms with van der Waals surface area (Å²) in [4.78, 5) is 4.20. The van der Waals surface area contributed by atoms with Gasteiger partial charge in [0.15, 0.2) is 0 Å². The molecular formula is C16H16S2. The van der Waals surface area contributed by atoms with Gasteiger partial charge >= 0.3 is 0 Å². The van der Waals surface area contributed by atoms with Gasteiger partial charge in [0.05, 0.1) is 0 Å². The highest BCUT2D eigenvalue weighted by Crippen LogP contribution is 2.43. The molecular weight excluding hydrogens is 256 g/mol. The number of thioether (sulfide) groups is 1. The van der Waals surface area contributed by atoms with E-state index in [0.717, 1.165) is 0 Å². The van der Waals surface area contributed by atoms with E-state index in [-0.39, 0.29) is 0 Å². The third-order valence-electron chi connectivity index (χ3n) is 3.25. The lowest BCUT2D eigenvalue weighted by atomic mass is 10.1. The lowest BCUT2D eigenvalue weighted by molar-refractivity contribution is 0.990. The molecule has 0 amide bonds. The Morgan fingerprint density at radius 1 is 1.00 bits per heavy atom. The Morgan fingerprint density at radius 3 is 2.33 bits per heavy atom. The van der Waals surface area contributed by atoms with Crippen LogP contribution >= 0.6 is 23.1 Å². The van der Waals surface area contributed by atoms with Gasteiger partial charge in [0.25, 0.3) is 0 Å². The zero-order chi connectivity index (χ0) is 12.5. The van der Waals surface area contributed by atoms with E-state index in [1.807, 2.05) is 23.1 Å². The second-order valence-corrected chi connectivity index (χ2v) is 7.43. The van der Waals surface area contributed by atoms with Crippen molar-refractivity contribution in [3.8, 4) is 10.4 Å². The van der Waals surface area contributed by atoms with Crippen LogP contribution < -0.4 is 0 Å². The fraction of sp³-hybridized carbons (Fsp3) is 0.250. The summed E-state index contributed by atoms with van der Waals surface area (Å²) in [6.07, 6.45) is 3.51. The number of aryl methyl sites for hydroxylation is 1. The monoisotopic (exact) mass is 272 g/mol. The van der Waals surface area contributed by atoms with Gasteiger partial charge in [-0.3, -0.25) is 0 Å². The quantitative estimate of drug-likeness (QED) is 0.665. The molecule has 0 spiro atoms. The summed E-state index contributed by atoms with van der Waals surface area (Å²) in [5.74, 6) is 0. The summed E-state index contributed by atoms with van der Waals surface area (Å²) in [5, 5.41) is 0.629. The van der Waals surface area contributed by atoms with Gasteiger partial charge in [-0.25, -0.2) is 0 Å². The first-order valence-electron chi connectivity index (χ1n) is 6.22. The number of benzene rings is 1. The van der Waals surface area contributed by atoms with Crippen molar-refractivity contribution in [2.45, 2.75) is 25.5 Å². The molecule has 3 rings (SSSR count). The van der Waals surface area contributed by atoms with E-state index in [2.05, 4.69) is 56.3 Å². The molecule has 1 unspecified atom stereocenters. The first-order valence-corrected chi connectivity index (χ1v) is 7.92. The maximum atomic E-state index is 2.34. The maximum Gasteiger partial charge on any atom is 0.0375 e. The van der Waals surface area contributed by atoms with Crippen LogP contribution in [0, 0.1) is 6.92 Å². The zero-order valence-electron chi connectivity index (χ0n) is 10.6. The Morgan fingerprint density at radius 2 is 1.78 bits per heavy atom. The highest BCUT2D eigenvalue weighted by Gasteiger charge is 2.17. The highest BCUT2D eigenvalue weighted by atomic mass is 32.2. The average molecular weight is 272 g/mol. The molecule has 0 saturated heterocycles. The molecule has 1 aliphatic rings. The Balaban J connectivity index is 1.81. The van der Waals surface area contributed by atoms with E-state index in [9.17, 15) is 0 Å². The number of hydrogen-bond acceptors (Lipinski definition) is 2. The van der Waals surface area contributed by atoms with Crippen LogP contribution in [0.3, 0.4) is 0 Å². The van der Waals surface area contributed by atoms with Gasteiger partial charge in [-0.1, -0.05) is 30.3 Å². The van der Waals surface area contributed by atoms with E-state index in [1.165, 1.54) is 32.2 Å². The van der Waals surface area contributed by atoms with Crippen molar-refractivity contribution in [3.63, 3.8) is 0 Å².